The van der Waals surface area contributed by atoms with Crippen LogP contribution in [0.15, 0.2) is 0 Å². The third kappa shape index (κ3) is 3.99. The van der Waals surface area contributed by atoms with Crippen molar-refractivity contribution in [3.8, 4) is 12.3 Å². The van der Waals surface area contributed by atoms with Crippen molar-refractivity contribution in [2.24, 2.45) is 0 Å². The molecule has 94 valence electrons. The molecule has 0 aromatic rings. The zero-order chi connectivity index (χ0) is 13.1. The monoisotopic (exact) mass is 238 g/mol. The van der Waals surface area contributed by atoms with Gasteiger partial charge in [0.15, 0.2) is 0 Å². The lowest BCUT2D eigenvalue weighted by Gasteiger charge is -2.34. The molecular formula is C12H18N2O3. The normalized spacial score (nSPS) is 16.7. The minimum absolute atomic E-state index is 0.0383. The second-order valence-corrected chi connectivity index (χ2v) is 4.92. The molecule has 0 spiro atoms. The molecule has 1 saturated heterocycles. The minimum atomic E-state index is -0.546. The second kappa shape index (κ2) is 5.09. The Bertz CT molecular complexity index is 352. The lowest BCUT2D eigenvalue weighted by atomic mass is 10.2. The Morgan fingerprint density at radius 2 is 2.12 bits per heavy atom. The molecule has 1 heterocycles. The molecule has 5 heteroatoms. The maximum absolute atomic E-state index is 11.7. The molecule has 17 heavy (non-hydrogen) atoms. The van der Waals surface area contributed by atoms with Crippen molar-refractivity contribution in [3.05, 3.63) is 0 Å². The largest absolute Gasteiger partial charge is 0.444 e. The van der Waals surface area contributed by atoms with Crippen LogP contribution in [0, 0.1) is 12.3 Å². The Morgan fingerprint density at radius 1 is 1.47 bits per heavy atom. The highest BCUT2D eigenvalue weighted by molar-refractivity contribution is 5.83. The van der Waals surface area contributed by atoms with Gasteiger partial charge < -0.3 is 9.64 Å². The van der Waals surface area contributed by atoms with Gasteiger partial charge in [0.2, 0.25) is 5.91 Å². The Morgan fingerprint density at radius 3 is 2.59 bits per heavy atom. The highest BCUT2D eigenvalue weighted by Crippen LogP contribution is 2.12. The maximum atomic E-state index is 11.7. The smallest absolute Gasteiger partial charge is 0.410 e. The fraction of sp³-hybridized carbons (Fsp3) is 0.667. The lowest BCUT2D eigenvalue weighted by molar-refractivity contribution is -0.135. The Kier molecular flexibility index (Phi) is 4.00. The summed E-state index contributed by atoms with van der Waals surface area (Å²) in [7, 11) is 0. The van der Waals surface area contributed by atoms with Gasteiger partial charge in [-0.05, 0) is 20.8 Å². The molecule has 1 fully saturated rings. The predicted octanol–water partition coefficient (Wildman–Crippen LogP) is 0.699. The molecule has 0 radical (unpaired) electrons. The van der Waals surface area contributed by atoms with Crippen LogP contribution in [-0.2, 0) is 9.53 Å². The SMILES string of the molecule is C#CCN1CCN(C(=O)OC(C)(C)C)CC1=O. The summed E-state index contributed by atoms with van der Waals surface area (Å²) in [6.45, 7) is 6.63. The Labute approximate surface area is 102 Å². The molecule has 0 atom stereocenters. The molecule has 0 aromatic carbocycles. The van der Waals surface area contributed by atoms with Crippen LogP contribution in [0.1, 0.15) is 20.8 Å². The van der Waals surface area contributed by atoms with E-state index in [0.717, 1.165) is 0 Å². The van der Waals surface area contributed by atoms with E-state index in [2.05, 4.69) is 5.92 Å². The molecule has 1 rings (SSSR count). The van der Waals surface area contributed by atoms with Crippen molar-refractivity contribution in [2.75, 3.05) is 26.2 Å². The van der Waals surface area contributed by atoms with Gasteiger partial charge in [0, 0.05) is 13.1 Å². The highest BCUT2D eigenvalue weighted by atomic mass is 16.6. The van der Waals surface area contributed by atoms with E-state index in [1.54, 1.807) is 25.7 Å². The quantitative estimate of drug-likeness (QED) is 0.632. The molecule has 0 aromatic heterocycles. The van der Waals surface area contributed by atoms with Crippen LogP contribution in [0.2, 0.25) is 0 Å². The molecule has 0 aliphatic carbocycles. The average Bonchev–Trinajstić information content (AvgIpc) is 2.18. The predicted molar refractivity (Wildman–Crippen MR) is 63.2 cm³/mol. The molecule has 0 saturated carbocycles. The van der Waals surface area contributed by atoms with Crippen molar-refractivity contribution >= 4 is 12.0 Å². The van der Waals surface area contributed by atoms with E-state index >= 15 is 0 Å². The van der Waals surface area contributed by atoms with Gasteiger partial charge in [0.1, 0.15) is 12.1 Å². The summed E-state index contributed by atoms with van der Waals surface area (Å²) in [5.74, 6) is 2.28. The fourth-order valence-corrected chi connectivity index (χ4v) is 1.47. The van der Waals surface area contributed by atoms with Gasteiger partial charge in [-0.25, -0.2) is 4.79 Å². The first-order chi connectivity index (χ1) is 7.83. The molecule has 0 N–H and O–H groups in total. The van der Waals surface area contributed by atoms with Gasteiger partial charge in [-0.3, -0.25) is 9.69 Å². The van der Waals surface area contributed by atoms with E-state index in [4.69, 9.17) is 11.2 Å². The number of hydrogen-bond acceptors (Lipinski definition) is 3. The van der Waals surface area contributed by atoms with Crippen LogP contribution in [-0.4, -0.2) is 53.6 Å². The summed E-state index contributed by atoms with van der Waals surface area (Å²) in [6.07, 6.45) is 4.70. The van der Waals surface area contributed by atoms with Crippen molar-refractivity contribution in [2.45, 2.75) is 26.4 Å². The van der Waals surface area contributed by atoms with Crippen LogP contribution in [0.3, 0.4) is 0 Å². The number of carbonyl (C=O) groups is 2. The van der Waals surface area contributed by atoms with E-state index in [9.17, 15) is 9.59 Å². The summed E-state index contributed by atoms with van der Waals surface area (Å²) >= 11 is 0. The summed E-state index contributed by atoms with van der Waals surface area (Å²) in [5.41, 5.74) is -0.546. The minimum Gasteiger partial charge on any atom is -0.444 e. The van der Waals surface area contributed by atoms with Gasteiger partial charge in [0.25, 0.3) is 0 Å². The fourth-order valence-electron chi connectivity index (χ4n) is 1.47. The van der Waals surface area contributed by atoms with E-state index in [1.807, 2.05) is 0 Å². The van der Waals surface area contributed by atoms with E-state index in [0.29, 0.717) is 19.6 Å². The van der Waals surface area contributed by atoms with Gasteiger partial charge in [-0.15, -0.1) is 6.42 Å². The number of nitrogens with zero attached hydrogens (tertiary/aromatic N) is 2. The first kappa shape index (κ1) is 13.4. The maximum Gasteiger partial charge on any atom is 0.410 e. The number of terminal acetylenes is 1. The van der Waals surface area contributed by atoms with E-state index < -0.39 is 11.7 Å². The number of hydrogen-bond donors (Lipinski definition) is 0. The first-order valence-electron chi connectivity index (χ1n) is 5.52. The number of rotatable bonds is 1. The van der Waals surface area contributed by atoms with Crippen LogP contribution < -0.4 is 0 Å². The number of ether oxygens (including phenoxy) is 1. The third-order valence-corrected chi connectivity index (χ3v) is 2.25. The van der Waals surface area contributed by atoms with Gasteiger partial charge in [-0.2, -0.15) is 0 Å². The number of carbonyl (C=O) groups excluding carboxylic acids is 2. The zero-order valence-corrected chi connectivity index (χ0v) is 10.5. The number of piperazine rings is 1. The molecular weight excluding hydrogens is 220 g/mol. The van der Waals surface area contributed by atoms with E-state index in [1.165, 1.54) is 4.90 Å². The summed E-state index contributed by atoms with van der Waals surface area (Å²) < 4.78 is 5.20. The molecule has 1 aliphatic rings. The summed E-state index contributed by atoms with van der Waals surface area (Å²) in [4.78, 5) is 26.3. The first-order valence-corrected chi connectivity index (χ1v) is 5.52. The van der Waals surface area contributed by atoms with Crippen molar-refractivity contribution < 1.29 is 14.3 Å². The Balaban J connectivity index is 2.53. The van der Waals surface area contributed by atoms with Crippen molar-refractivity contribution in [1.29, 1.82) is 0 Å². The van der Waals surface area contributed by atoms with Crippen LogP contribution in [0.4, 0.5) is 4.79 Å². The standard InChI is InChI=1S/C12H18N2O3/c1-5-6-13-7-8-14(9-10(13)15)11(16)17-12(2,3)4/h1H,6-9H2,2-4H3. The van der Waals surface area contributed by atoms with E-state index in [-0.39, 0.29) is 12.5 Å². The summed E-state index contributed by atoms with van der Waals surface area (Å²) in [5, 5.41) is 0. The van der Waals surface area contributed by atoms with Crippen LogP contribution >= 0.6 is 0 Å². The molecule has 0 unspecified atom stereocenters. The number of amides is 2. The van der Waals surface area contributed by atoms with Crippen molar-refractivity contribution in [1.82, 2.24) is 9.80 Å². The van der Waals surface area contributed by atoms with Gasteiger partial charge >= 0.3 is 6.09 Å². The van der Waals surface area contributed by atoms with Crippen LogP contribution in [0.5, 0.6) is 0 Å². The molecule has 1 aliphatic heterocycles. The Hall–Kier alpha value is -1.70. The van der Waals surface area contributed by atoms with Gasteiger partial charge in [-0.1, -0.05) is 5.92 Å². The molecule has 0 bridgehead atoms. The molecule has 5 nitrogen and oxygen atoms in total. The summed E-state index contributed by atoms with van der Waals surface area (Å²) in [6, 6.07) is 0. The molecule has 2 amide bonds. The zero-order valence-electron chi connectivity index (χ0n) is 10.5. The highest BCUT2D eigenvalue weighted by Gasteiger charge is 2.29. The van der Waals surface area contributed by atoms with Crippen LogP contribution in [0.25, 0.3) is 0 Å². The topological polar surface area (TPSA) is 49.9 Å². The average molecular weight is 238 g/mol. The second-order valence-electron chi connectivity index (χ2n) is 4.92. The van der Waals surface area contributed by atoms with Gasteiger partial charge in [0.05, 0.1) is 6.54 Å². The third-order valence-electron chi connectivity index (χ3n) is 2.25. The lowest BCUT2D eigenvalue weighted by Crippen LogP contribution is -2.53. The van der Waals surface area contributed by atoms with Crippen molar-refractivity contribution in [3.63, 3.8) is 0 Å².